The van der Waals surface area contributed by atoms with E-state index in [2.05, 4.69) is 29.5 Å². The molecular formula is C17H16F2N8OS2. The van der Waals surface area contributed by atoms with Crippen molar-refractivity contribution in [2.75, 3.05) is 0 Å². The third kappa shape index (κ3) is 4.37. The minimum atomic E-state index is -1.71. The molecule has 9 nitrogen and oxygen atoms in total. The second-order valence-electron chi connectivity index (χ2n) is 6.47. The summed E-state index contributed by atoms with van der Waals surface area (Å²) in [7, 11) is 0. The predicted octanol–water partition coefficient (Wildman–Crippen LogP) is 2.12. The van der Waals surface area contributed by atoms with Gasteiger partial charge in [-0.15, -0.1) is 0 Å². The van der Waals surface area contributed by atoms with Gasteiger partial charge in [0.1, 0.15) is 49.1 Å². The number of hydrogen-bond donors (Lipinski definition) is 1. The smallest absolute Gasteiger partial charge is 0.170 e. The molecule has 3 heterocycles. The maximum Gasteiger partial charge on any atom is 0.170 e. The van der Waals surface area contributed by atoms with E-state index in [-0.39, 0.29) is 12.1 Å². The Kier molecular flexibility index (Phi) is 5.83. The lowest BCUT2D eigenvalue weighted by atomic mass is 9.90. The molecule has 0 saturated carbocycles. The molecule has 13 heteroatoms. The monoisotopic (exact) mass is 450 g/mol. The quantitative estimate of drug-likeness (QED) is 0.407. The van der Waals surface area contributed by atoms with Crippen LogP contribution in [0.25, 0.3) is 0 Å². The van der Waals surface area contributed by atoms with Crippen LogP contribution in [0.5, 0.6) is 0 Å². The molecule has 0 aliphatic rings. The van der Waals surface area contributed by atoms with Crippen LogP contribution in [0.15, 0.2) is 47.8 Å². The Bertz CT molecular complexity index is 1110. The zero-order chi connectivity index (χ0) is 21.1. The van der Waals surface area contributed by atoms with Gasteiger partial charge < -0.3 is 5.11 Å². The van der Waals surface area contributed by atoms with E-state index in [1.165, 1.54) is 53.0 Å². The molecule has 1 N–H and O–H groups in total. The summed E-state index contributed by atoms with van der Waals surface area (Å²) in [5, 5.41) is 19.0. The molecule has 0 fully saturated rings. The van der Waals surface area contributed by atoms with Gasteiger partial charge in [0.05, 0.1) is 6.54 Å². The molecule has 3 aromatic heterocycles. The fourth-order valence-corrected chi connectivity index (χ4v) is 4.89. The van der Waals surface area contributed by atoms with Crippen molar-refractivity contribution in [3.63, 3.8) is 0 Å². The normalized spacial score (nSPS) is 14.5. The number of nitrogens with zero attached hydrogens (tertiary/aromatic N) is 8. The zero-order valence-corrected chi connectivity index (χ0v) is 17.3. The fourth-order valence-electron chi connectivity index (χ4n) is 2.89. The van der Waals surface area contributed by atoms with Crippen LogP contribution in [0.3, 0.4) is 0 Å². The number of aromatic nitrogens is 8. The first kappa shape index (κ1) is 20.5. The summed E-state index contributed by atoms with van der Waals surface area (Å²) in [6.45, 7) is 2.03. The fraction of sp³-hybridized carbons (Fsp3) is 0.294. The first-order chi connectivity index (χ1) is 14.4. The Balaban J connectivity index is 1.59. The largest absolute Gasteiger partial charge is 0.382 e. The number of thioether (sulfide) groups is 1. The Hall–Kier alpha value is -2.77. The number of halogens is 2. The van der Waals surface area contributed by atoms with Gasteiger partial charge in [-0.3, -0.25) is 0 Å². The first-order valence-corrected chi connectivity index (χ1v) is 10.4. The lowest BCUT2D eigenvalue weighted by Crippen LogP contribution is -2.41. The van der Waals surface area contributed by atoms with Gasteiger partial charge in [0.25, 0.3) is 0 Å². The summed E-state index contributed by atoms with van der Waals surface area (Å²) in [5.74, 6) is -1.01. The van der Waals surface area contributed by atoms with E-state index in [9.17, 15) is 13.9 Å². The molecule has 0 radical (unpaired) electrons. The van der Waals surface area contributed by atoms with Gasteiger partial charge >= 0.3 is 0 Å². The third-order valence-electron chi connectivity index (χ3n) is 4.44. The molecule has 0 aliphatic carbocycles. The average molecular weight is 451 g/mol. The molecule has 156 valence electrons. The van der Waals surface area contributed by atoms with E-state index >= 15 is 0 Å². The van der Waals surface area contributed by atoms with Gasteiger partial charge in [0, 0.05) is 16.9 Å². The van der Waals surface area contributed by atoms with Crippen LogP contribution >= 0.6 is 23.3 Å². The molecule has 4 aromatic rings. The molecule has 1 aromatic carbocycles. The molecule has 2 atom stereocenters. The van der Waals surface area contributed by atoms with Crippen LogP contribution in [0.2, 0.25) is 0 Å². The van der Waals surface area contributed by atoms with Crippen molar-refractivity contribution in [3.05, 3.63) is 66.5 Å². The molecule has 4 rings (SSSR count). The van der Waals surface area contributed by atoms with Crippen LogP contribution in [-0.4, -0.2) is 49.2 Å². The highest BCUT2D eigenvalue weighted by atomic mass is 32.2. The van der Waals surface area contributed by atoms with E-state index in [0.717, 1.165) is 12.1 Å². The highest BCUT2D eigenvalue weighted by Crippen LogP contribution is 2.39. The van der Waals surface area contributed by atoms with Gasteiger partial charge in [0.15, 0.2) is 10.2 Å². The maximum absolute atomic E-state index is 14.6. The number of benzene rings is 1. The molecular weight excluding hydrogens is 434 g/mol. The molecule has 1 unspecified atom stereocenters. The minimum absolute atomic E-state index is 0.0354. The van der Waals surface area contributed by atoms with Crippen molar-refractivity contribution in [3.8, 4) is 0 Å². The molecule has 0 saturated heterocycles. The average Bonchev–Trinajstić information content (AvgIpc) is 3.46. The Morgan fingerprint density at radius 1 is 1.17 bits per heavy atom. The van der Waals surface area contributed by atoms with Crippen molar-refractivity contribution < 1.29 is 13.9 Å². The minimum Gasteiger partial charge on any atom is -0.382 e. The van der Waals surface area contributed by atoms with E-state index in [4.69, 9.17) is 0 Å². The summed E-state index contributed by atoms with van der Waals surface area (Å²) in [5.41, 5.74) is -1.75. The van der Waals surface area contributed by atoms with Crippen molar-refractivity contribution in [1.82, 2.24) is 38.9 Å². The van der Waals surface area contributed by atoms with E-state index in [1.807, 2.05) is 0 Å². The van der Waals surface area contributed by atoms with E-state index < -0.39 is 22.5 Å². The van der Waals surface area contributed by atoms with Gasteiger partial charge in [-0.25, -0.2) is 33.1 Å². The summed E-state index contributed by atoms with van der Waals surface area (Å²) >= 11 is 2.41. The van der Waals surface area contributed by atoms with Crippen molar-refractivity contribution in [1.29, 1.82) is 0 Å². The molecule has 0 bridgehead atoms. The highest BCUT2D eigenvalue weighted by Gasteiger charge is 2.40. The Morgan fingerprint density at radius 2 is 1.90 bits per heavy atom. The van der Waals surface area contributed by atoms with E-state index in [1.54, 1.807) is 17.9 Å². The van der Waals surface area contributed by atoms with Crippen LogP contribution in [0.1, 0.15) is 18.3 Å². The van der Waals surface area contributed by atoms with Crippen LogP contribution in [0.4, 0.5) is 8.78 Å². The second kappa shape index (κ2) is 8.53. The van der Waals surface area contributed by atoms with Gasteiger partial charge in [-0.1, -0.05) is 17.8 Å². The molecule has 0 amide bonds. The molecule has 0 aliphatic heterocycles. The highest BCUT2D eigenvalue weighted by molar-refractivity contribution is 8.01. The number of aliphatic hydroxyl groups is 1. The second-order valence-corrected chi connectivity index (χ2v) is 8.81. The summed E-state index contributed by atoms with van der Waals surface area (Å²) in [4.78, 5) is 12.2. The SMILES string of the molecule is C[C@@H](Sc1nc(Cn2cncn2)ns1)C(O)(Cn1cncn1)c1ccc(F)cc1F. The lowest BCUT2D eigenvalue weighted by molar-refractivity contribution is 0.0133. The Morgan fingerprint density at radius 3 is 2.57 bits per heavy atom. The third-order valence-corrected chi connectivity index (χ3v) is 6.53. The summed E-state index contributed by atoms with van der Waals surface area (Å²) < 4.78 is 35.9. The predicted molar refractivity (Wildman–Crippen MR) is 105 cm³/mol. The van der Waals surface area contributed by atoms with Crippen molar-refractivity contribution >= 4 is 23.3 Å². The van der Waals surface area contributed by atoms with Crippen LogP contribution < -0.4 is 0 Å². The lowest BCUT2D eigenvalue weighted by Gasteiger charge is -2.33. The number of rotatable bonds is 8. The topological polar surface area (TPSA) is 107 Å². The van der Waals surface area contributed by atoms with Crippen molar-refractivity contribution in [2.24, 2.45) is 0 Å². The van der Waals surface area contributed by atoms with Crippen molar-refractivity contribution in [2.45, 2.75) is 35.2 Å². The first-order valence-electron chi connectivity index (χ1n) is 8.76. The zero-order valence-electron chi connectivity index (χ0n) is 15.6. The van der Waals surface area contributed by atoms with Gasteiger partial charge in [-0.2, -0.15) is 14.6 Å². The standard InChI is InChI=1S/C17H16F2N8OS2/c1-11(29-16-24-15(25-30-16)5-26-9-20-7-22-26)17(28,6-27-10-21-8-23-27)13-3-2-12(18)4-14(13)19/h2-4,7-11,28H,5-6H2,1H3/t11-,17?/m1/s1. The Labute approximate surface area is 178 Å². The maximum atomic E-state index is 14.6. The van der Waals surface area contributed by atoms with Gasteiger partial charge in [0.2, 0.25) is 0 Å². The molecule has 30 heavy (non-hydrogen) atoms. The van der Waals surface area contributed by atoms with E-state index in [0.29, 0.717) is 16.7 Å². The van der Waals surface area contributed by atoms with Crippen LogP contribution in [-0.2, 0) is 18.7 Å². The van der Waals surface area contributed by atoms with Crippen LogP contribution in [0, 0.1) is 11.6 Å². The van der Waals surface area contributed by atoms with Gasteiger partial charge in [-0.05, 0) is 24.5 Å². The summed E-state index contributed by atoms with van der Waals surface area (Å²) in [6.07, 6.45) is 5.72. The summed E-state index contributed by atoms with van der Waals surface area (Å²) in [6, 6.07) is 3.11. The number of hydrogen-bond acceptors (Lipinski definition) is 9. The molecule has 0 spiro atoms.